The van der Waals surface area contributed by atoms with Gasteiger partial charge in [0, 0.05) is 16.7 Å². The normalized spacial score (nSPS) is 10.1. The molecule has 21 heavy (non-hydrogen) atoms. The molecule has 0 atom stereocenters. The maximum atomic E-state index is 11.0. The molecular formula is C13H9BrN2O5. The molecule has 108 valence electrons. The summed E-state index contributed by atoms with van der Waals surface area (Å²) in [5.74, 6) is -0.894. The quantitative estimate of drug-likeness (QED) is 0.655. The SMILES string of the molecule is O=C(O)c1cncc(OCc2ccc(Br)cc2[N+](=O)[O-])c1. The number of carbonyl (C=O) groups is 1. The third-order valence-electron chi connectivity index (χ3n) is 2.60. The van der Waals surface area contributed by atoms with Crippen molar-refractivity contribution in [1.29, 1.82) is 0 Å². The summed E-state index contributed by atoms with van der Waals surface area (Å²) in [5, 5.41) is 19.8. The van der Waals surface area contributed by atoms with Gasteiger partial charge in [-0.1, -0.05) is 15.9 Å². The number of nitrogens with zero attached hydrogens (tertiary/aromatic N) is 2. The number of carboxylic acid groups (broad SMARTS) is 1. The van der Waals surface area contributed by atoms with Crippen LogP contribution in [0.3, 0.4) is 0 Å². The number of hydrogen-bond donors (Lipinski definition) is 1. The average molecular weight is 353 g/mol. The van der Waals surface area contributed by atoms with Crippen LogP contribution >= 0.6 is 15.9 Å². The second kappa shape index (κ2) is 6.31. The minimum atomic E-state index is -1.12. The van der Waals surface area contributed by atoms with Crippen molar-refractivity contribution in [3.05, 3.63) is 62.4 Å². The summed E-state index contributed by atoms with van der Waals surface area (Å²) in [5.41, 5.74) is 0.286. The summed E-state index contributed by atoms with van der Waals surface area (Å²) in [6.45, 7) is -0.0612. The molecule has 7 nitrogen and oxygen atoms in total. The zero-order chi connectivity index (χ0) is 15.4. The fraction of sp³-hybridized carbons (Fsp3) is 0.0769. The van der Waals surface area contributed by atoms with Gasteiger partial charge < -0.3 is 9.84 Å². The highest BCUT2D eigenvalue weighted by Crippen LogP contribution is 2.25. The molecular weight excluding hydrogens is 344 g/mol. The van der Waals surface area contributed by atoms with E-state index in [1.807, 2.05) is 0 Å². The zero-order valence-electron chi connectivity index (χ0n) is 10.5. The molecule has 0 aliphatic rings. The van der Waals surface area contributed by atoms with Gasteiger partial charge in [0.1, 0.15) is 12.4 Å². The number of aromatic nitrogens is 1. The first kappa shape index (κ1) is 14.9. The highest BCUT2D eigenvalue weighted by Gasteiger charge is 2.15. The summed E-state index contributed by atoms with van der Waals surface area (Å²) < 4.78 is 5.96. The standard InChI is InChI=1S/C13H9BrN2O5/c14-10-2-1-8(12(4-10)16(19)20)7-21-11-3-9(13(17)18)5-15-6-11/h1-6H,7H2,(H,17,18). The van der Waals surface area contributed by atoms with E-state index in [9.17, 15) is 14.9 Å². The second-order valence-electron chi connectivity index (χ2n) is 4.03. The number of carboxylic acids is 1. The van der Waals surface area contributed by atoms with Crippen LogP contribution in [0.25, 0.3) is 0 Å². The smallest absolute Gasteiger partial charge is 0.337 e. The van der Waals surface area contributed by atoms with Crippen molar-refractivity contribution in [3.8, 4) is 5.75 Å². The van der Waals surface area contributed by atoms with Crippen molar-refractivity contribution in [1.82, 2.24) is 4.98 Å². The summed E-state index contributed by atoms with van der Waals surface area (Å²) in [6, 6.07) is 5.92. The molecule has 8 heteroatoms. The lowest BCUT2D eigenvalue weighted by molar-refractivity contribution is -0.385. The molecule has 1 heterocycles. The molecule has 0 amide bonds. The Morgan fingerprint density at radius 3 is 2.81 bits per heavy atom. The van der Waals surface area contributed by atoms with E-state index in [1.54, 1.807) is 12.1 Å². The number of nitro benzene ring substituents is 1. The van der Waals surface area contributed by atoms with E-state index in [-0.39, 0.29) is 23.6 Å². The van der Waals surface area contributed by atoms with Gasteiger partial charge in [-0.15, -0.1) is 0 Å². The minimum absolute atomic E-state index is 0.0159. The molecule has 2 aromatic rings. The van der Waals surface area contributed by atoms with E-state index in [1.165, 1.54) is 24.5 Å². The highest BCUT2D eigenvalue weighted by molar-refractivity contribution is 9.10. The summed E-state index contributed by atoms with van der Waals surface area (Å²) in [7, 11) is 0. The van der Waals surface area contributed by atoms with Gasteiger partial charge in [-0.05, 0) is 18.2 Å². The Bertz CT molecular complexity index is 705. The lowest BCUT2D eigenvalue weighted by Gasteiger charge is -2.07. The van der Waals surface area contributed by atoms with Gasteiger partial charge >= 0.3 is 5.97 Å². The van der Waals surface area contributed by atoms with E-state index in [0.29, 0.717) is 10.0 Å². The third-order valence-corrected chi connectivity index (χ3v) is 3.09. The topological polar surface area (TPSA) is 103 Å². The predicted molar refractivity (Wildman–Crippen MR) is 76.3 cm³/mol. The summed E-state index contributed by atoms with van der Waals surface area (Å²) in [4.78, 5) is 25.0. The molecule has 2 rings (SSSR count). The first-order valence-electron chi connectivity index (χ1n) is 5.71. The van der Waals surface area contributed by atoms with E-state index < -0.39 is 10.9 Å². The average Bonchev–Trinajstić information content (AvgIpc) is 2.46. The molecule has 0 bridgehead atoms. The van der Waals surface area contributed by atoms with Crippen LogP contribution in [0.2, 0.25) is 0 Å². The van der Waals surface area contributed by atoms with Gasteiger partial charge in [0.05, 0.1) is 22.2 Å². The van der Waals surface area contributed by atoms with E-state index in [0.717, 1.165) is 0 Å². The maximum Gasteiger partial charge on any atom is 0.337 e. The zero-order valence-corrected chi connectivity index (χ0v) is 12.1. The molecule has 0 spiro atoms. The number of nitro groups is 1. The van der Waals surface area contributed by atoms with Crippen LogP contribution in [-0.2, 0) is 6.61 Å². The molecule has 0 unspecified atom stereocenters. The van der Waals surface area contributed by atoms with Crippen LogP contribution < -0.4 is 4.74 Å². The fourth-order valence-corrected chi connectivity index (χ4v) is 1.95. The lowest BCUT2D eigenvalue weighted by atomic mass is 10.2. The predicted octanol–water partition coefficient (Wildman–Crippen LogP) is 3.03. The number of benzene rings is 1. The minimum Gasteiger partial charge on any atom is -0.487 e. The number of halogens is 1. The molecule has 0 aliphatic heterocycles. The van der Waals surface area contributed by atoms with E-state index in [2.05, 4.69) is 20.9 Å². The summed E-state index contributed by atoms with van der Waals surface area (Å²) >= 11 is 3.17. The van der Waals surface area contributed by atoms with Gasteiger partial charge in [0.15, 0.2) is 0 Å². The van der Waals surface area contributed by atoms with Crippen molar-refractivity contribution < 1.29 is 19.6 Å². The Kier molecular flexibility index (Phi) is 4.49. The molecule has 0 saturated carbocycles. The Morgan fingerprint density at radius 2 is 2.14 bits per heavy atom. The van der Waals surface area contributed by atoms with Crippen LogP contribution in [0.1, 0.15) is 15.9 Å². The largest absolute Gasteiger partial charge is 0.487 e. The number of aromatic carboxylic acids is 1. The van der Waals surface area contributed by atoms with Crippen molar-refractivity contribution in [3.63, 3.8) is 0 Å². The molecule has 1 aromatic heterocycles. The first-order valence-corrected chi connectivity index (χ1v) is 6.50. The number of hydrogen-bond acceptors (Lipinski definition) is 5. The van der Waals surface area contributed by atoms with Crippen LogP contribution in [-0.4, -0.2) is 21.0 Å². The van der Waals surface area contributed by atoms with Gasteiger partial charge in [0.2, 0.25) is 0 Å². The van der Waals surface area contributed by atoms with Crippen molar-refractivity contribution in [2.24, 2.45) is 0 Å². The van der Waals surface area contributed by atoms with Gasteiger partial charge in [-0.3, -0.25) is 15.1 Å². The maximum absolute atomic E-state index is 11.0. The third kappa shape index (κ3) is 3.76. The number of ether oxygens (including phenoxy) is 1. The Morgan fingerprint density at radius 1 is 1.38 bits per heavy atom. The van der Waals surface area contributed by atoms with Crippen molar-refractivity contribution in [2.75, 3.05) is 0 Å². The molecule has 1 aromatic carbocycles. The van der Waals surface area contributed by atoms with Crippen LogP contribution in [0.4, 0.5) is 5.69 Å². The Balaban J connectivity index is 2.18. The van der Waals surface area contributed by atoms with Crippen molar-refractivity contribution >= 4 is 27.6 Å². The molecule has 0 saturated heterocycles. The molecule has 0 radical (unpaired) electrons. The monoisotopic (exact) mass is 352 g/mol. The lowest BCUT2D eigenvalue weighted by Crippen LogP contribution is -2.02. The highest BCUT2D eigenvalue weighted by atomic mass is 79.9. The van der Waals surface area contributed by atoms with E-state index in [4.69, 9.17) is 9.84 Å². The van der Waals surface area contributed by atoms with Crippen molar-refractivity contribution in [2.45, 2.75) is 6.61 Å². The van der Waals surface area contributed by atoms with Crippen LogP contribution in [0, 0.1) is 10.1 Å². The van der Waals surface area contributed by atoms with Crippen LogP contribution in [0.5, 0.6) is 5.75 Å². The van der Waals surface area contributed by atoms with E-state index >= 15 is 0 Å². The molecule has 1 N–H and O–H groups in total. The second-order valence-corrected chi connectivity index (χ2v) is 4.95. The Hall–Kier alpha value is -2.48. The number of rotatable bonds is 5. The van der Waals surface area contributed by atoms with Crippen LogP contribution in [0.15, 0.2) is 41.1 Å². The van der Waals surface area contributed by atoms with Gasteiger partial charge in [-0.25, -0.2) is 4.79 Å². The fourth-order valence-electron chi connectivity index (χ4n) is 1.60. The number of pyridine rings is 1. The Labute approximate surface area is 127 Å². The molecule has 0 fully saturated rings. The first-order chi connectivity index (χ1) is 9.97. The summed E-state index contributed by atoms with van der Waals surface area (Å²) in [6.07, 6.45) is 2.54. The van der Waals surface area contributed by atoms with Gasteiger partial charge in [0.25, 0.3) is 5.69 Å². The molecule has 0 aliphatic carbocycles. The van der Waals surface area contributed by atoms with Gasteiger partial charge in [-0.2, -0.15) is 0 Å².